The van der Waals surface area contributed by atoms with Gasteiger partial charge in [0.15, 0.2) is 0 Å². The summed E-state index contributed by atoms with van der Waals surface area (Å²) in [7, 11) is -0.514. The highest BCUT2D eigenvalue weighted by atomic mass is 32.2. The third-order valence-electron chi connectivity index (χ3n) is 3.75. The number of nitrogens with two attached hydrogens (primary N) is 1. The van der Waals surface area contributed by atoms with Crippen molar-refractivity contribution in [3.8, 4) is 0 Å². The summed E-state index contributed by atoms with van der Waals surface area (Å²) >= 11 is 0. The van der Waals surface area contributed by atoms with Gasteiger partial charge in [0, 0.05) is 14.1 Å². The lowest BCUT2D eigenvalue weighted by atomic mass is 10.3. The molecule has 0 radical (unpaired) electrons. The van der Waals surface area contributed by atoms with Crippen LogP contribution in [0.5, 0.6) is 0 Å². The lowest BCUT2D eigenvalue weighted by molar-refractivity contribution is 0.596. The van der Waals surface area contributed by atoms with Crippen LogP contribution in [0.1, 0.15) is 0 Å². The maximum atomic E-state index is 12.7. The van der Waals surface area contributed by atoms with Gasteiger partial charge >= 0.3 is 5.69 Å². The maximum Gasteiger partial charge on any atom is 0.328 e. The van der Waals surface area contributed by atoms with E-state index in [0.717, 1.165) is 0 Å². The Labute approximate surface area is 127 Å². The molecule has 1 aromatic heterocycles. The van der Waals surface area contributed by atoms with Crippen LogP contribution in [0.4, 0.5) is 5.69 Å². The van der Waals surface area contributed by atoms with Crippen molar-refractivity contribution < 1.29 is 8.42 Å². The van der Waals surface area contributed by atoms with Crippen LogP contribution >= 0.6 is 0 Å². The van der Waals surface area contributed by atoms with E-state index in [1.54, 1.807) is 32.3 Å². The first kappa shape index (κ1) is 14.4. The Bertz CT molecular complexity index is 1030. The van der Waals surface area contributed by atoms with E-state index in [2.05, 4.69) is 0 Å². The van der Waals surface area contributed by atoms with Gasteiger partial charge < -0.3 is 5.73 Å². The molecule has 22 heavy (non-hydrogen) atoms. The lowest BCUT2D eigenvalue weighted by Gasteiger charge is -2.08. The number of benzene rings is 2. The fraction of sp³-hybridized carbons (Fsp3) is 0.133. The summed E-state index contributed by atoms with van der Waals surface area (Å²) in [5.41, 5.74) is 6.94. The topological polar surface area (TPSA) is 87.1 Å². The number of nitrogen functional groups attached to an aromatic ring is 1. The second kappa shape index (κ2) is 4.74. The number of aryl methyl sites for hydroxylation is 2. The zero-order chi connectivity index (χ0) is 16.1. The second-order valence-electron chi connectivity index (χ2n) is 5.10. The van der Waals surface area contributed by atoms with Crippen LogP contribution in [0.15, 0.2) is 57.1 Å². The van der Waals surface area contributed by atoms with Crippen LogP contribution in [0.3, 0.4) is 0 Å². The number of hydrogen-bond acceptors (Lipinski definition) is 4. The molecule has 0 unspecified atom stereocenters. The lowest BCUT2D eigenvalue weighted by Crippen LogP contribution is -2.19. The third kappa shape index (κ3) is 1.93. The number of rotatable bonds is 2. The Kier molecular flexibility index (Phi) is 3.10. The molecule has 0 aliphatic carbocycles. The summed E-state index contributed by atoms with van der Waals surface area (Å²) in [6.45, 7) is 0. The molecule has 0 aliphatic rings. The van der Waals surface area contributed by atoms with Crippen molar-refractivity contribution in [2.24, 2.45) is 14.1 Å². The molecular formula is C15H15N3O3S. The number of sulfone groups is 1. The van der Waals surface area contributed by atoms with Crippen molar-refractivity contribution in [2.75, 3.05) is 5.73 Å². The van der Waals surface area contributed by atoms with Crippen molar-refractivity contribution in [3.63, 3.8) is 0 Å². The highest BCUT2D eigenvalue weighted by Gasteiger charge is 2.22. The summed E-state index contributed by atoms with van der Waals surface area (Å²) in [4.78, 5) is 12.1. The van der Waals surface area contributed by atoms with Gasteiger partial charge in [0.1, 0.15) is 0 Å². The van der Waals surface area contributed by atoms with Gasteiger partial charge in [-0.1, -0.05) is 18.2 Å². The summed E-state index contributed by atoms with van der Waals surface area (Å²) in [5.74, 6) is 0. The quantitative estimate of drug-likeness (QED) is 0.722. The van der Waals surface area contributed by atoms with E-state index in [1.807, 2.05) is 0 Å². The van der Waals surface area contributed by atoms with Crippen molar-refractivity contribution in [2.45, 2.75) is 9.79 Å². The van der Waals surface area contributed by atoms with Crippen molar-refractivity contribution >= 4 is 26.6 Å². The highest BCUT2D eigenvalue weighted by molar-refractivity contribution is 7.91. The first-order valence-corrected chi connectivity index (χ1v) is 8.07. The van der Waals surface area contributed by atoms with Gasteiger partial charge in [-0.25, -0.2) is 13.2 Å². The summed E-state index contributed by atoms with van der Waals surface area (Å²) < 4.78 is 28.3. The number of imidazole rings is 1. The van der Waals surface area contributed by atoms with E-state index in [9.17, 15) is 13.2 Å². The van der Waals surface area contributed by atoms with Gasteiger partial charge in [0.2, 0.25) is 9.84 Å². The van der Waals surface area contributed by atoms with Gasteiger partial charge in [0.25, 0.3) is 0 Å². The van der Waals surface area contributed by atoms with E-state index in [-0.39, 0.29) is 21.2 Å². The molecule has 7 heteroatoms. The smallest absolute Gasteiger partial charge is 0.328 e. The molecule has 0 spiro atoms. The van der Waals surface area contributed by atoms with E-state index in [4.69, 9.17) is 5.73 Å². The van der Waals surface area contributed by atoms with Crippen LogP contribution in [0.2, 0.25) is 0 Å². The van der Waals surface area contributed by atoms with Crippen LogP contribution < -0.4 is 11.4 Å². The van der Waals surface area contributed by atoms with E-state index >= 15 is 0 Å². The molecule has 0 amide bonds. The number of fused-ring (bicyclic) bond motifs is 1. The molecule has 2 aromatic carbocycles. The number of hydrogen-bond donors (Lipinski definition) is 1. The molecule has 1 heterocycles. The van der Waals surface area contributed by atoms with Gasteiger partial charge in [-0.05, 0) is 24.3 Å². The minimum Gasteiger partial charge on any atom is -0.398 e. The molecule has 0 atom stereocenters. The molecule has 3 rings (SSSR count). The SMILES string of the molecule is Cn1c(=O)n(C)c2cc(S(=O)(=O)c3ccccc3)c(N)cc21. The molecule has 114 valence electrons. The molecular weight excluding hydrogens is 302 g/mol. The monoisotopic (exact) mass is 317 g/mol. The Hall–Kier alpha value is -2.54. The van der Waals surface area contributed by atoms with E-state index < -0.39 is 9.84 Å². The van der Waals surface area contributed by atoms with Crippen LogP contribution in [-0.4, -0.2) is 17.6 Å². The Morgan fingerprint density at radius 1 is 0.955 bits per heavy atom. The average Bonchev–Trinajstić information content (AvgIpc) is 2.72. The minimum absolute atomic E-state index is 0.00685. The van der Waals surface area contributed by atoms with Crippen molar-refractivity contribution in [1.29, 1.82) is 0 Å². The highest BCUT2D eigenvalue weighted by Crippen LogP contribution is 2.29. The number of nitrogens with zero attached hydrogens (tertiary/aromatic N) is 2. The maximum absolute atomic E-state index is 12.7. The minimum atomic E-state index is -3.73. The zero-order valence-corrected chi connectivity index (χ0v) is 13.0. The standard InChI is InChI=1S/C15H15N3O3S/c1-17-12-8-11(16)14(9-13(12)18(2)15(17)19)22(20,21)10-6-4-3-5-7-10/h3-9H,16H2,1-2H3. The van der Waals surface area contributed by atoms with Crippen molar-refractivity contribution in [3.05, 3.63) is 52.9 Å². The Balaban J connectivity index is 2.35. The molecule has 0 saturated heterocycles. The van der Waals surface area contributed by atoms with E-state index in [1.165, 1.54) is 33.4 Å². The number of aromatic nitrogens is 2. The number of anilines is 1. The van der Waals surface area contributed by atoms with Crippen LogP contribution in [0.25, 0.3) is 11.0 Å². The largest absolute Gasteiger partial charge is 0.398 e. The first-order chi connectivity index (χ1) is 10.3. The molecule has 0 fully saturated rings. The molecule has 6 nitrogen and oxygen atoms in total. The average molecular weight is 317 g/mol. The first-order valence-electron chi connectivity index (χ1n) is 6.59. The summed E-state index contributed by atoms with van der Waals surface area (Å²) in [6, 6.07) is 11.1. The summed E-state index contributed by atoms with van der Waals surface area (Å²) in [6.07, 6.45) is 0. The third-order valence-corrected chi connectivity index (χ3v) is 5.57. The predicted octanol–water partition coefficient (Wildman–Crippen LogP) is 1.29. The predicted molar refractivity (Wildman–Crippen MR) is 84.5 cm³/mol. The Morgan fingerprint density at radius 2 is 1.50 bits per heavy atom. The Morgan fingerprint density at radius 3 is 2.09 bits per heavy atom. The normalized spacial score (nSPS) is 11.9. The molecule has 0 bridgehead atoms. The van der Waals surface area contributed by atoms with Crippen LogP contribution in [0, 0.1) is 0 Å². The second-order valence-corrected chi connectivity index (χ2v) is 7.01. The zero-order valence-electron chi connectivity index (χ0n) is 12.1. The summed E-state index contributed by atoms with van der Waals surface area (Å²) in [5, 5.41) is 0. The van der Waals surface area contributed by atoms with Crippen LogP contribution in [-0.2, 0) is 23.9 Å². The van der Waals surface area contributed by atoms with Gasteiger partial charge in [0.05, 0.1) is 26.5 Å². The van der Waals surface area contributed by atoms with E-state index in [0.29, 0.717) is 11.0 Å². The van der Waals surface area contributed by atoms with Crippen molar-refractivity contribution in [1.82, 2.24) is 9.13 Å². The molecule has 3 aromatic rings. The van der Waals surface area contributed by atoms with Gasteiger partial charge in [-0.15, -0.1) is 0 Å². The molecule has 0 saturated carbocycles. The fourth-order valence-electron chi connectivity index (χ4n) is 2.50. The molecule has 0 aliphatic heterocycles. The molecule has 2 N–H and O–H groups in total. The van der Waals surface area contributed by atoms with Gasteiger partial charge in [-0.3, -0.25) is 9.13 Å². The fourth-order valence-corrected chi connectivity index (χ4v) is 3.91. The van der Waals surface area contributed by atoms with Gasteiger partial charge in [-0.2, -0.15) is 0 Å².